The zero-order valence-corrected chi connectivity index (χ0v) is 14.7. The predicted octanol–water partition coefficient (Wildman–Crippen LogP) is 4.25. The molecule has 0 aromatic heterocycles. The summed E-state index contributed by atoms with van der Waals surface area (Å²) in [5.74, 6) is 0.943. The lowest BCUT2D eigenvalue weighted by atomic mass is 10.2. The number of ether oxygens (including phenoxy) is 1. The normalized spacial score (nSPS) is 11.4. The lowest BCUT2D eigenvalue weighted by Gasteiger charge is -2.09. The molecule has 126 valence electrons. The van der Waals surface area contributed by atoms with Gasteiger partial charge in [0.15, 0.2) is 0 Å². The van der Waals surface area contributed by atoms with Gasteiger partial charge in [0, 0.05) is 0 Å². The molecule has 0 radical (unpaired) electrons. The van der Waals surface area contributed by atoms with Crippen LogP contribution in [-0.4, -0.2) is 20.1 Å². The molecule has 2 aromatic rings. The van der Waals surface area contributed by atoms with E-state index >= 15 is 0 Å². The molecule has 0 saturated carbocycles. The molecule has 0 aliphatic heterocycles. The third-order valence-corrected chi connectivity index (χ3v) is 4.33. The second kappa shape index (κ2) is 7.97. The summed E-state index contributed by atoms with van der Waals surface area (Å²) in [6.07, 6.45) is -4.80. The average Bonchev–Trinajstić information content (AvgIpc) is 2.47. The van der Waals surface area contributed by atoms with E-state index in [1.165, 1.54) is 0 Å². The Kier molecular flexibility index (Phi) is 6.84. The number of methoxy groups -OCH3 is 1. The highest BCUT2D eigenvalue weighted by Gasteiger charge is 2.36. The van der Waals surface area contributed by atoms with Gasteiger partial charge in [-0.15, -0.1) is 0 Å². The maximum absolute atomic E-state index is 12.2. The molecular formula is C14H12F3IO4S. The largest absolute Gasteiger partial charge is 0.496 e. The molecular weight excluding hydrogens is 448 g/mol. The summed E-state index contributed by atoms with van der Waals surface area (Å²) in [5.41, 5.74) is -1.37. The number of rotatable bonds is 2. The van der Waals surface area contributed by atoms with Gasteiger partial charge < -0.3 is 4.74 Å². The van der Waals surface area contributed by atoms with Crippen molar-refractivity contribution in [1.29, 1.82) is 0 Å². The van der Waals surface area contributed by atoms with Crippen molar-refractivity contribution in [3.05, 3.63) is 57.7 Å². The zero-order chi connectivity index (χ0) is 17.7. The average molecular weight is 460 g/mol. The smallest absolute Gasteiger partial charge is 0.417 e. The van der Waals surface area contributed by atoms with Crippen molar-refractivity contribution in [2.24, 2.45) is 0 Å². The van der Waals surface area contributed by atoms with Crippen molar-refractivity contribution >= 4 is 32.7 Å². The minimum absolute atomic E-state index is 0.586. The van der Waals surface area contributed by atoms with Crippen LogP contribution in [0.15, 0.2) is 53.4 Å². The van der Waals surface area contributed by atoms with Crippen LogP contribution in [0.25, 0.3) is 0 Å². The van der Waals surface area contributed by atoms with Crippen molar-refractivity contribution < 1.29 is 30.9 Å². The molecule has 2 aromatic carbocycles. The zero-order valence-electron chi connectivity index (χ0n) is 11.7. The van der Waals surface area contributed by atoms with E-state index in [0.717, 1.165) is 21.5 Å². The monoisotopic (exact) mass is 460 g/mol. The third-order valence-electron chi connectivity index (χ3n) is 2.53. The summed E-state index contributed by atoms with van der Waals surface area (Å²) in [4.78, 5) is -1.13. The minimum Gasteiger partial charge on any atom is -0.496 e. The fourth-order valence-electron chi connectivity index (χ4n) is 1.54. The van der Waals surface area contributed by atoms with Gasteiger partial charge in [-0.05, 0) is 46.9 Å². The molecule has 0 amide bonds. The standard InChI is InChI=1S/C7H5F3O3S.C7H7IO/c8-7(9,10)5-3-1-2-4-6(5)14(11,12)13;1-9-7-5-3-2-4-6(7)8/h1-4H,(H,11,12,13);2-5H,1H3. The van der Waals surface area contributed by atoms with Crippen molar-refractivity contribution in [2.45, 2.75) is 11.1 Å². The highest BCUT2D eigenvalue weighted by atomic mass is 127. The lowest BCUT2D eigenvalue weighted by molar-refractivity contribution is -0.140. The molecule has 0 bridgehead atoms. The van der Waals surface area contributed by atoms with Crippen LogP contribution >= 0.6 is 22.6 Å². The highest BCUT2D eigenvalue weighted by Crippen LogP contribution is 2.33. The van der Waals surface area contributed by atoms with E-state index in [1.807, 2.05) is 24.3 Å². The summed E-state index contributed by atoms with van der Waals surface area (Å²) in [7, 11) is -3.16. The Morgan fingerprint density at radius 2 is 1.57 bits per heavy atom. The molecule has 0 fully saturated rings. The van der Waals surface area contributed by atoms with Crippen LogP contribution in [0.4, 0.5) is 13.2 Å². The van der Waals surface area contributed by atoms with Crippen LogP contribution in [-0.2, 0) is 16.3 Å². The fourth-order valence-corrected chi connectivity index (χ4v) is 2.86. The summed E-state index contributed by atoms with van der Waals surface area (Å²) in [6.45, 7) is 0. The third kappa shape index (κ3) is 5.99. The van der Waals surface area contributed by atoms with E-state index in [1.54, 1.807) is 7.11 Å². The second-order valence-electron chi connectivity index (χ2n) is 4.10. The highest BCUT2D eigenvalue weighted by molar-refractivity contribution is 14.1. The SMILES string of the molecule is COc1ccccc1I.O=S(=O)(O)c1ccccc1C(F)(F)F. The molecule has 9 heteroatoms. The van der Waals surface area contributed by atoms with E-state index in [-0.39, 0.29) is 0 Å². The second-order valence-corrected chi connectivity index (χ2v) is 6.66. The molecule has 4 nitrogen and oxygen atoms in total. The van der Waals surface area contributed by atoms with Crippen LogP contribution in [0.1, 0.15) is 5.56 Å². The molecule has 0 aliphatic carbocycles. The Bertz CT molecular complexity index is 761. The molecule has 23 heavy (non-hydrogen) atoms. The molecule has 0 unspecified atom stereocenters. The molecule has 0 atom stereocenters. The maximum atomic E-state index is 12.2. The lowest BCUT2D eigenvalue weighted by Crippen LogP contribution is -2.12. The Labute approximate surface area is 145 Å². The van der Waals surface area contributed by atoms with E-state index in [0.29, 0.717) is 12.1 Å². The fraction of sp³-hybridized carbons (Fsp3) is 0.143. The first-order valence-electron chi connectivity index (χ1n) is 5.99. The van der Waals surface area contributed by atoms with Gasteiger partial charge in [-0.25, -0.2) is 0 Å². The molecule has 0 saturated heterocycles. The number of hydrogen-bond donors (Lipinski definition) is 1. The van der Waals surface area contributed by atoms with E-state index in [9.17, 15) is 21.6 Å². The van der Waals surface area contributed by atoms with Crippen LogP contribution in [0.2, 0.25) is 0 Å². The van der Waals surface area contributed by atoms with Gasteiger partial charge in [-0.2, -0.15) is 21.6 Å². The molecule has 0 heterocycles. The molecule has 2 rings (SSSR count). The van der Waals surface area contributed by atoms with Gasteiger partial charge >= 0.3 is 6.18 Å². The Morgan fingerprint density at radius 1 is 1.04 bits per heavy atom. The minimum atomic E-state index is -4.84. The van der Waals surface area contributed by atoms with E-state index in [4.69, 9.17) is 9.29 Å². The topological polar surface area (TPSA) is 63.6 Å². The van der Waals surface area contributed by atoms with Gasteiger partial charge in [-0.3, -0.25) is 4.55 Å². The molecule has 1 N–H and O–H groups in total. The Morgan fingerprint density at radius 3 is 1.96 bits per heavy atom. The van der Waals surface area contributed by atoms with Crippen molar-refractivity contribution in [3.63, 3.8) is 0 Å². The van der Waals surface area contributed by atoms with Crippen LogP contribution in [0.3, 0.4) is 0 Å². The number of halogens is 4. The van der Waals surface area contributed by atoms with Crippen molar-refractivity contribution in [1.82, 2.24) is 0 Å². The van der Waals surface area contributed by atoms with Crippen molar-refractivity contribution in [2.75, 3.05) is 7.11 Å². The number of hydrogen-bond acceptors (Lipinski definition) is 3. The van der Waals surface area contributed by atoms with Crippen LogP contribution in [0.5, 0.6) is 5.75 Å². The van der Waals surface area contributed by atoms with Gasteiger partial charge in [0.25, 0.3) is 10.1 Å². The molecule has 0 spiro atoms. The maximum Gasteiger partial charge on any atom is 0.417 e. The van der Waals surface area contributed by atoms with Gasteiger partial charge in [0.05, 0.1) is 16.2 Å². The van der Waals surface area contributed by atoms with E-state index < -0.39 is 26.8 Å². The number of para-hydroxylation sites is 1. The number of alkyl halides is 3. The summed E-state index contributed by atoms with van der Waals surface area (Å²) >= 11 is 2.24. The van der Waals surface area contributed by atoms with Crippen molar-refractivity contribution in [3.8, 4) is 5.75 Å². The van der Waals surface area contributed by atoms with Gasteiger partial charge in [0.1, 0.15) is 10.6 Å². The summed E-state index contributed by atoms with van der Waals surface area (Å²) < 4.78 is 72.4. The first-order valence-corrected chi connectivity index (χ1v) is 8.51. The van der Waals surface area contributed by atoms with E-state index in [2.05, 4.69) is 22.6 Å². The Balaban J connectivity index is 0.000000253. The van der Waals surface area contributed by atoms with Gasteiger partial charge in [0.2, 0.25) is 0 Å². The predicted molar refractivity (Wildman–Crippen MR) is 87.0 cm³/mol. The van der Waals surface area contributed by atoms with Crippen LogP contribution in [0, 0.1) is 3.57 Å². The summed E-state index contributed by atoms with van der Waals surface area (Å²) in [6, 6.07) is 11.3. The molecule has 0 aliphatic rings. The quantitative estimate of drug-likeness (QED) is 0.538. The van der Waals surface area contributed by atoms with Crippen LogP contribution < -0.4 is 4.74 Å². The summed E-state index contributed by atoms with van der Waals surface area (Å²) in [5, 5.41) is 0. The first-order chi connectivity index (χ1) is 10.6. The van der Waals surface area contributed by atoms with Gasteiger partial charge in [-0.1, -0.05) is 24.3 Å². The first kappa shape index (κ1) is 19.7. The number of benzene rings is 2. The Hall–Kier alpha value is -1.33.